The first-order valence-electron chi connectivity index (χ1n) is 7.20. The van der Waals surface area contributed by atoms with Crippen LogP contribution in [0.25, 0.3) is 0 Å². The second-order valence-electron chi connectivity index (χ2n) is 5.65. The molecule has 1 fully saturated rings. The molecule has 2 heterocycles. The molecule has 0 radical (unpaired) electrons. The summed E-state index contributed by atoms with van der Waals surface area (Å²) in [6.45, 7) is 1.00. The standard InChI is InChI=1S/C15H17ClN4O3/c1-23-13-8-11(16)2-3-12(13)14(21)19-6-4-15(22,9-19)10-20-7-5-17-18-20/h2-3,5,7-8,22H,4,6,9-10H2,1H3. The Bertz CT molecular complexity index is 707. The second kappa shape index (κ2) is 6.17. The minimum atomic E-state index is -1.01. The molecular weight excluding hydrogens is 320 g/mol. The number of hydrogen-bond donors (Lipinski definition) is 1. The average molecular weight is 337 g/mol. The van der Waals surface area contributed by atoms with Crippen LogP contribution in [0, 0.1) is 0 Å². The first-order valence-corrected chi connectivity index (χ1v) is 7.58. The normalized spacial score (nSPS) is 20.7. The maximum atomic E-state index is 12.7. The topological polar surface area (TPSA) is 80.5 Å². The number of hydrogen-bond acceptors (Lipinski definition) is 5. The molecule has 1 aromatic carbocycles. The lowest BCUT2D eigenvalue weighted by atomic mass is 10.0. The molecule has 1 atom stereocenters. The molecule has 1 aliphatic heterocycles. The molecule has 23 heavy (non-hydrogen) atoms. The van der Waals surface area contributed by atoms with Gasteiger partial charge in [0.2, 0.25) is 0 Å². The van der Waals surface area contributed by atoms with E-state index in [0.717, 1.165) is 0 Å². The van der Waals surface area contributed by atoms with Crippen molar-refractivity contribution >= 4 is 17.5 Å². The summed E-state index contributed by atoms with van der Waals surface area (Å²) in [6.07, 6.45) is 3.72. The molecule has 1 aliphatic rings. The highest BCUT2D eigenvalue weighted by Crippen LogP contribution is 2.28. The zero-order chi connectivity index (χ0) is 16.4. The van der Waals surface area contributed by atoms with Gasteiger partial charge in [-0.2, -0.15) is 0 Å². The van der Waals surface area contributed by atoms with Gasteiger partial charge in [-0.3, -0.25) is 4.79 Å². The minimum absolute atomic E-state index is 0.187. The molecule has 7 nitrogen and oxygen atoms in total. The van der Waals surface area contributed by atoms with Gasteiger partial charge in [0.25, 0.3) is 5.91 Å². The van der Waals surface area contributed by atoms with Crippen molar-refractivity contribution in [3.8, 4) is 5.75 Å². The molecule has 1 saturated heterocycles. The maximum Gasteiger partial charge on any atom is 0.257 e. The van der Waals surface area contributed by atoms with Gasteiger partial charge < -0.3 is 14.7 Å². The van der Waals surface area contributed by atoms with E-state index < -0.39 is 5.60 Å². The summed E-state index contributed by atoms with van der Waals surface area (Å²) < 4.78 is 6.79. The lowest BCUT2D eigenvalue weighted by molar-refractivity contribution is 0.0266. The molecule has 3 rings (SSSR count). The molecule has 2 aromatic rings. The number of likely N-dealkylation sites (tertiary alicyclic amines) is 1. The third-order valence-electron chi connectivity index (χ3n) is 3.94. The highest BCUT2D eigenvalue weighted by molar-refractivity contribution is 6.30. The van der Waals surface area contributed by atoms with E-state index in [1.165, 1.54) is 7.11 Å². The van der Waals surface area contributed by atoms with E-state index in [0.29, 0.717) is 35.8 Å². The largest absolute Gasteiger partial charge is 0.496 e. The van der Waals surface area contributed by atoms with Gasteiger partial charge in [-0.15, -0.1) is 5.10 Å². The molecule has 0 bridgehead atoms. The van der Waals surface area contributed by atoms with Crippen molar-refractivity contribution in [1.82, 2.24) is 19.9 Å². The van der Waals surface area contributed by atoms with Crippen molar-refractivity contribution in [3.05, 3.63) is 41.2 Å². The smallest absolute Gasteiger partial charge is 0.257 e. The van der Waals surface area contributed by atoms with E-state index in [-0.39, 0.29) is 12.5 Å². The van der Waals surface area contributed by atoms with Crippen LogP contribution in [0.2, 0.25) is 5.02 Å². The fourth-order valence-electron chi connectivity index (χ4n) is 2.79. The molecule has 0 aliphatic carbocycles. The van der Waals surface area contributed by atoms with Crippen LogP contribution in [0.3, 0.4) is 0 Å². The molecular formula is C15H17ClN4O3. The van der Waals surface area contributed by atoms with E-state index in [1.807, 2.05) is 0 Å². The predicted octanol–water partition coefficient (Wildman–Crippen LogP) is 1.22. The second-order valence-corrected chi connectivity index (χ2v) is 6.08. The number of nitrogens with zero attached hydrogens (tertiary/aromatic N) is 4. The van der Waals surface area contributed by atoms with Crippen molar-refractivity contribution in [2.24, 2.45) is 0 Å². The van der Waals surface area contributed by atoms with Crippen LogP contribution < -0.4 is 4.74 Å². The number of aromatic nitrogens is 3. The molecule has 1 unspecified atom stereocenters. The van der Waals surface area contributed by atoms with Crippen molar-refractivity contribution in [1.29, 1.82) is 0 Å². The van der Waals surface area contributed by atoms with Gasteiger partial charge in [-0.1, -0.05) is 16.8 Å². The number of amides is 1. The molecule has 0 saturated carbocycles. The number of methoxy groups -OCH3 is 1. The zero-order valence-electron chi connectivity index (χ0n) is 12.6. The Morgan fingerprint density at radius 3 is 3.04 bits per heavy atom. The van der Waals surface area contributed by atoms with Crippen molar-refractivity contribution < 1.29 is 14.6 Å². The number of benzene rings is 1. The van der Waals surface area contributed by atoms with E-state index in [2.05, 4.69) is 10.3 Å². The van der Waals surface area contributed by atoms with E-state index in [4.69, 9.17) is 16.3 Å². The van der Waals surface area contributed by atoms with Crippen LogP contribution in [-0.2, 0) is 6.54 Å². The third-order valence-corrected chi connectivity index (χ3v) is 4.18. The number of carbonyl (C=O) groups excluding carboxylic acids is 1. The lowest BCUT2D eigenvalue weighted by Crippen LogP contribution is -2.39. The van der Waals surface area contributed by atoms with Crippen LogP contribution in [-0.4, -0.2) is 56.7 Å². The van der Waals surface area contributed by atoms with Gasteiger partial charge in [0.1, 0.15) is 11.4 Å². The van der Waals surface area contributed by atoms with Gasteiger partial charge in [0.05, 0.1) is 32.0 Å². The molecule has 1 aromatic heterocycles. The third kappa shape index (κ3) is 3.30. The average Bonchev–Trinajstić information content (AvgIpc) is 3.16. The van der Waals surface area contributed by atoms with E-state index in [9.17, 15) is 9.90 Å². The Hall–Kier alpha value is -2.12. The Morgan fingerprint density at radius 1 is 1.52 bits per heavy atom. The fraction of sp³-hybridized carbons (Fsp3) is 0.400. The quantitative estimate of drug-likeness (QED) is 0.908. The van der Waals surface area contributed by atoms with Crippen LogP contribution in [0.1, 0.15) is 16.8 Å². The summed E-state index contributed by atoms with van der Waals surface area (Å²) >= 11 is 5.92. The van der Waals surface area contributed by atoms with Crippen LogP contribution in [0.15, 0.2) is 30.6 Å². The summed E-state index contributed by atoms with van der Waals surface area (Å²) in [5, 5.41) is 18.7. The first-order chi connectivity index (χ1) is 11.0. The summed E-state index contributed by atoms with van der Waals surface area (Å²) in [4.78, 5) is 14.3. The lowest BCUT2D eigenvalue weighted by Gasteiger charge is -2.23. The Kier molecular flexibility index (Phi) is 4.23. The number of aliphatic hydroxyl groups is 1. The predicted molar refractivity (Wildman–Crippen MR) is 83.5 cm³/mol. The summed E-state index contributed by atoms with van der Waals surface area (Å²) in [5.41, 5.74) is -0.579. The van der Waals surface area contributed by atoms with Gasteiger partial charge >= 0.3 is 0 Å². The highest BCUT2D eigenvalue weighted by atomic mass is 35.5. The summed E-state index contributed by atoms with van der Waals surface area (Å²) in [6, 6.07) is 4.89. The van der Waals surface area contributed by atoms with E-state index >= 15 is 0 Å². The summed E-state index contributed by atoms with van der Waals surface area (Å²) in [5.74, 6) is 0.238. The monoisotopic (exact) mass is 336 g/mol. The Labute approximate surface area is 138 Å². The van der Waals surface area contributed by atoms with E-state index in [1.54, 1.807) is 40.2 Å². The molecule has 0 spiro atoms. The van der Waals surface area contributed by atoms with Crippen LogP contribution in [0.5, 0.6) is 5.75 Å². The number of rotatable bonds is 4. The molecule has 1 N–H and O–H groups in total. The van der Waals surface area contributed by atoms with Crippen LogP contribution >= 0.6 is 11.6 Å². The molecule has 8 heteroatoms. The number of halogens is 1. The fourth-order valence-corrected chi connectivity index (χ4v) is 2.95. The Balaban J connectivity index is 1.75. The number of carbonyl (C=O) groups is 1. The Morgan fingerprint density at radius 2 is 2.35 bits per heavy atom. The van der Waals surface area contributed by atoms with Gasteiger partial charge in [-0.05, 0) is 24.6 Å². The van der Waals surface area contributed by atoms with Crippen molar-refractivity contribution in [3.63, 3.8) is 0 Å². The van der Waals surface area contributed by atoms with Gasteiger partial charge in [-0.25, -0.2) is 4.68 Å². The summed E-state index contributed by atoms with van der Waals surface area (Å²) in [7, 11) is 1.49. The van der Waals surface area contributed by atoms with Crippen LogP contribution in [0.4, 0.5) is 0 Å². The number of ether oxygens (including phenoxy) is 1. The SMILES string of the molecule is COc1cc(Cl)ccc1C(=O)N1CCC(O)(Cn2ccnn2)C1. The van der Waals surface area contributed by atoms with Crippen molar-refractivity contribution in [2.75, 3.05) is 20.2 Å². The highest BCUT2D eigenvalue weighted by Gasteiger charge is 2.39. The zero-order valence-corrected chi connectivity index (χ0v) is 13.4. The van der Waals surface area contributed by atoms with Crippen molar-refractivity contribution in [2.45, 2.75) is 18.6 Å². The minimum Gasteiger partial charge on any atom is -0.496 e. The molecule has 1 amide bonds. The first kappa shape index (κ1) is 15.8. The maximum absolute atomic E-state index is 12.7. The number of β-amino-alcohol motifs (C(OH)–C–C–N with tert-alkyl or cyclic N) is 1. The molecule has 122 valence electrons. The van der Waals surface area contributed by atoms with Gasteiger partial charge in [0.15, 0.2) is 0 Å². The van der Waals surface area contributed by atoms with Gasteiger partial charge in [0, 0.05) is 17.8 Å².